The molecule has 20 heavy (non-hydrogen) atoms. The molecule has 0 atom stereocenters. The first kappa shape index (κ1) is 14.6. The topological polar surface area (TPSA) is 63.6 Å². The summed E-state index contributed by atoms with van der Waals surface area (Å²) in [4.78, 5) is 23.9. The van der Waals surface area contributed by atoms with Gasteiger partial charge in [0.15, 0.2) is 6.61 Å². The van der Waals surface area contributed by atoms with Gasteiger partial charge in [0.05, 0.1) is 14.8 Å². The second kappa shape index (κ2) is 6.07. The Hall–Kier alpha value is -1.85. The summed E-state index contributed by atoms with van der Waals surface area (Å²) in [6, 6.07) is 7.64. The number of rotatable bonds is 4. The second-order valence-electron chi connectivity index (χ2n) is 4.10. The summed E-state index contributed by atoms with van der Waals surface area (Å²) in [7, 11) is 0. The molecule has 1 aromatic carbocycles. The van der Waals surface area contributed by atoms with Crippen LogP contribution in [0, 0.1) is 6.92 Å². The van der Waals surface area contributed by atoms with Gasteiger partial charge in [0.1, 0.15) is 5.75 Å². The van der Waals surface area contributed by atoms with Crippen molar-refractivity contribution in [1.82, 2.24) is 0 Å². The molecule has 0 unspecified atom stereocenters. The lowest BCUT2D eigenvalue weighted by Gasteiger charge is -2.05. The van der Waals surface area contributed by atoms with Gasteiger partial charge in [-0.3, -0.25) is 4.79 Å². The molecule has 0 saturated heterocycles. The Labute approximate surface area is 124 Å². The maximum atomic E-state index is 11.7. The molecule has 0 saturated carbocycles. The van der Waals surface area contributed by atoms with Gasteiger partial charge in [0.2, 0.25) is 5.78 Å². The lowest BCUT2D eigenvalue weighted by Crippen LogP contribution is -2.13. The molecule has 0 radical (unpaired) electrons. The fourth-order valence-corrected chi connectivity index (χ4v) is 2.45. The molecule has 0 spiro atoms. The molecule has 0 aliphatic rings. The number of ketones is 1. The van der Waals surface area contributed by atoms with Crippen molar-refractivity contribution in [3.8, 4) is 5.75 Å². The summed E-state index contributed by atoms with van der Waals surface area (Å²) < 4.78 is 5.42. The maximum absolute atomic E-state index is 11.7. The molecule has 4 nitrogen and oxygen atoms in total. The number of halogens is 1. The number of carbonyl (C=O) groups excluding carboxylic acids is 2. The molecule has 6 heteroatoms. The summed E-state index contributed by atoms with van der Waals surface area (Å²) in [6.07, 6.45) is 0. The van der Waals surface area contributed by atoms with Crippen LogP contribution < -0.4 is 0 Å². The molecule has 1 aromatic heterocycles. The van der Waals surface area contributed by atoms with Crippen molar-refractivity contribution < 1.29 is 19.4 Å². The van der Waals surface area contributed by atoms with Crippen LogP contribution in [0.1, 0.15) is 25.6 Å². The predicted octanol–water partition coefficient (Wildman–Crippen LogP) is 3.46. The molecule has 0 bridgehead atoms. The lowest BCUT2D eigenvalue weighted by atomic mass is 10.1. The van der Waals surface area contributed by atoms with E-state index in [1.807, 2.05) is 0 Å². The van der Waals surface area contributed by atoms with Crippen LogP contribution in [-0.2, 0) is 4.74 Å². The number of hydrogen-bond donors (Lipinski definition) is 1. The van der Waals surface area contributed by atoms with E-state index in [9.17, 15) is 14.7 Å². The van der Waals surface area contributed by atoms with Gasteiger partial charge < -0.3 is 9.84 Å². The van der Waals surface area contributed by atoms with Gasteiger partial charge in [-0.15, -0.1) is 11.3 Å². The van der Waals surface area contributed by atoms with Crippen LogP contribution in [0.4, 0.5) is 0 Å². The monoisotopic (exact) mass is 310 g/mol. The van der Waals surface area contributed by atoms with E-state index in [2.05, 4.69) is 0 Å². The Kier molecular flexibility index (Phi) is 4.42. The number of aryl methyl sites for hydroxylation is 1. The van der Waals surface area contributed by atoms with Crippen LogP contribution in [0.2, 0.25) is 4.34 Å². The summed E-state index contributed by atoms with van der Waals surface area (Å²) in [6.45, 7) is 1.36. The Balaban J connectivity index is 1.98. The van der Waals surface area contributed by atoms with E-state index in [4.69, 9.17) is 16.3 Å². The smallest absolute Gasteiger partial charge is 0.338 e. The third-order valence-corrected chi connectivity index (χ3v) is 3.90. The number of thiophene rings is 1. The Morgan fingerprint density at radius 1 is 1.30 bits per heavy atom. The van der Waals surface area contributed by atoms with Crippen LogP contribution in [-0.4, -0.2) is 23.5 Å². The minimum absolute atomic E-state index is 0.0100. The Morgan fingerprint density at radius 3 is 2.65 bits per heavy atom. The molecule has 1 heterocycles. The van der Waals surface area contributed by atoms with Crippen LogP contribution in [0.3, 0.4) is 0 Å². The highest BCUT2D eigenvalue weighted by molar-refractivity contribution is 7.18. The number of aromatic hydroxyl groups is 1. The number of carbonyl (C=O) groups is 2. The zero-order valence-electron chi connectivity index (χ0n) is 10.6. The molecule has 0 aliphatic heterocycles. The van der Waals surface area contributed by atoms with Crippen molar-refractivity contribution in [2.75, 3.05) is 6.61 Å². The number of hydrogen-bond acceptors (Lipinski definition) is 5. The molecule has 1 N–H and O–H groups in total. The standard InChI is InChI=1S/C14H11ClO4S/c1-8-2-3-9(6-10(8)16)14(18)19-7-11(17)12-4-5-13(15)20-12/h2-6,16H,7H2,1H3. The SMILES string of the molecule is Cc1ccc(C(=O)OCC(=O)c2ccc(Cl)s2)cc1O. The Bertz CT molecular complexity index is 663. The highest BCUT2D eigenvalue weighted by Gasteiger charge is 2.14. The zero-order chi connectivity index (χ0) is 14.7. The lowest BCUT2D eigenvalue weighted by molar-refractivity contribution is 0.0475. The maximum Gasteiger partial charge on any atom is 0.338 e. The number of Topliss-reactive ketones (excluding diaryl/α,β-unsaturated/α-hetero) is 1. The van der Waals surface area contributed by atoms with Crippen LogP contribution in [0.25, 0.3) is 0 Å². The third-order valence-electron chi connectivity index (χ3n) is 2.63. The number of benzene rings is 1. The number of ether oxygens (including phenoxy) is 1. The van der Waals surface area contributed by atoms with Gasteiger partial charge in [-0.1, -0.05) is 17.7 Å². The fourth-order valence-electron chi connectivity index (χ4n) is 1.49. The van der Waals surface area contributed by atoms with Gasteiger partial charge >= 0.3 is 5.97 Å². The number of esters is 1. The van der Waals surface area contributed by atoms with Gasteiger partial charge in [-0.05, 0) is 36.8 Å². The molecule has 2 aromatic rings. The van der Waals surface area contributed by atoms with Gasteiger partial charge in [-0.2, -0.15) is 0 Å². The van der Waals surface area contributed by atoms with E-state index in [-0.39, 0.29) is 23.7 Å². The van der Waals surface area contributed by atoms with E-state index in [0.717, 1.165) is 11.3 Å². The first-order chi connectivity index (χ1) is 9.47. The largest absolute Gasteiger partial charge is 0.508 e. The highest BCUT2D eigenvalue weighted by Crippen LogP contribution is 2.22. The van der Waals surface area contributed by atoms with E-state index < -0.39 is 5.97 Å². The van der Waals surface area contributed by atoms with Crippen LogP contribution >= 0.6 is 22.9 Å². The molecular formula is C14H11ClO4S. The summed E-state index contributed by atoms with van der Waals surface area (Å²) in [5, 5.41) is 9.52. The van der Waals surface area contributed by atoms with E-state index in [1.165, 1.54) is 12.1 Å². The minimum Gasteiger partial charge on any atom is -0.508 e. The van der Waals surface area contributed by atoms with Crippen molar-refractivity contribution in [3.05, 3.63) is 50.7 Å². The average molecular weight is 311 g/mol. The summed E-state index contributed by atoms with van der Waals surface area (Å²) >= 11 is 6.86. The molecule has 0 fully saturated rings. The van der Waals surface area contributed by atoms with E-state index >= 15 is 0 Å². The van der Waals surface area contributed by atoms with Gasteiger partial charge in [0.25, 0.3) is 0 Å². The second-order valence-corrected chi connectivity index (χ2v) is 5.82. The third kappa shape index (κ3) is 3.37. The quantitative estimate of drug-likeness (QED) is 0.694. The van der Waals surface area contributed by atoms with Crippen LogP contribution in [0.5, 0.6) is 5.75 Å². The predicted molar refractivity (Wildman–Crippen MR) is 76.8 cm³/mol. The molecule has 2 rings (SSSR count). The zero-order valence-corrected chi connectivity index (χ0v) is 12.1. The van der Waals surface area contributed by atoms with Crippen molar-refractivity contribution in [2.24, 2.45) is 0 Å². The van der Waals surface area contributed by atoms with Crippen molar-refractivity contribution in [2.45, 2.75) is 6.92 Å². The minimum atomic E-state index is -0.656. The van der Waals surface area contributed by atoms with E-state index in [1.54, 1.807) is 25.1 Å². The average Bonchev–Trinajstić information content (AvgIpc) is 2.85. The molecule has 104 valence electrons. The number of phenolic OH excluding ortho intramolecular Hbond substituents is 1. The first-order valence-corrected chi connectivity index (χ1v) is 6.92. The molecular weight excluding hydrogens is 300 g/mol. The van der Waals surface area contributed by atoms with Gasteiger partial charge in [0, 0.05) is 0 Å². The first-order valence-electron chi connectivity index (χ1n) is 5.72. The van der Waals surface area contributed by atoms with Crippen molar-refractivity contribution in [3.63, 3.8) is 0 Å². The summed E-state index contributed by atoms with van der Waals surface area (Å²) in [5.74, 6) is -0.960. The van der Waals surface area contributed by atoms with Crippen LogP contribution in [0.15, 0.2) is 30.3 Å². The fraction of sp³-hybridized carbons (Fsp3) is 0.143. The van der Waals surface area contributed by atoms with Gasteiger partial charge in [-0.25, -0.2) is 4.79 Å². The van der Waals surface area contributed by atoms with E-state index in [0.29, 0.717) is 14.8 Å². The number of phenols is 1. The molecule has 0 aliphatic carbocycles. The highest BCUT2D eigenvalue weighted by atomic mass is 35.5. The van der Waals surface area contributed by atoms with Crippen molar-refractivity contribution >= 4 is 34.7 Å². The van der Waals surface area contributed by atoms with Crippen molar-refractivity contribution in [1.29, 1.82) is 0 Å². The Morgan fingerprint density at radius 2 is 2.05 bits per heavy atom. The normalized spacial score (nSPS) is 10.3. The molecule has 0 amide bonds. The summed E-state index contributed by atoms with van der Waals surface area (Å²) in [5.41, 5.74) is 0.857.